The van der Waals surface area contributed by atoms with Gasteiger partial charge in [0, 0.05) is 25.7 Å². The molecule has 84 valence electrons. The van der Waals surface area contributed by atoms with Crippen LogP contribution in [0.2, 0.25) is 0 Å². The third-order valence-corrected chi connectivity index (χ3v) is 3.62. The summed E-state index contributed by atoms with van der Waals surface area (Å²) >= 11 is 0. The molecule has 0 aromatic rings. The molecule has 0 spiro atoms. The van der Waals surface area contributed by atoms with Crippen molar-refractivity contribution in [1.82, 2.24) is 10.2 Å². The van der Waals surface area contributed by atoms with Crippen LogP contribution >= 0.6 is 0 Å². The van der Waals surface area contributed by atoms with Crippen LogP contribution in [0.5, 0.6) is 0 Å². The van der Waals surface area contributed by atoms with E-state index in [4.69, 9.17) is 6.42 Å². The average molecular weight is 206 g/mol. The molecule has 1 saturated heterocycles. The van der Waals surface area contributed by atoms with Gasteiger partial charge in [0.2, 0.25) is 0 Å². The Morgan fingerprint density at radius 3 is 2.93 bits per heavy atom. The molecule has 2 aliphatic rings. The van der Waals surface area contributed by atoms with Crippen molar-refractivity contribution in [3.8, 4) is 12.3 Å². The van der Waals surface area contributed by atoms with Gasteiger partial charge < -0.3 is 5.32 Å². The first-order chi connectivity index (χ1) is 7.35. The van der Waals surface area contributed by atoms with Crippen LogP contribution in [-0.4, -0.2) is 36.6 Å². The zero-order chi connectivity index (χ0) is 10.7. The summed E-state index contributed by atoms with van der Waals surface area (Å²) in [6, 6.07) is 1.09. The van der Waals surface area contributed by atoms with E-state index in [0.717, 1.165) is 25.4 Å². The second-order valence-corrected chi connectivity index (χ2v) is 4.86. The first kappa shape index (κ1) is 11.0. The van der Waals surface area contributed by atoms with Crippen molar-refractivity contribution in [2.75, 3.05) is 19.6 Å². The summed E-state index contributed by atoms with van der Waals surface area (Å²) in [5.74, 6) is 3.89. The molecule has 2 nitrogen and oxygen atoms in total. The highest BCUT2D eigenvalue weighted by atomic mass is 15.2. The number of terminal acetylenes is 1. The van der Waals surface area contributed by atoms with E-state index in [2.05, 4.69) is 23.1 Å². The Kier molecular flexibility index (Phi) is 3.66. The Morgan fingerprint density at radius 1 is 1.53 bits per heavy atom. The number of nitrogens with one attached hydrogen (secondary N) is 1. The van der Waals surface area contributed by atoms with Crippen molar-refractivity contribution in [2.45, 2.75) is 44.7 Å². The summed E-state index contributed by atoms with van der Waals surface area (Å²) < 4.78 is 0. The lowest BCUT2D eigenvalue weighted by Crippen LogP contribution is -2.54. The van der Waals surface area contributed by atoms with E-state index in [-0.39, 0.29) is 0 Å². The first-order valence-corrected chi connectivity index (χ1v) is 6.28. The maximum Gasteiger partial charge on any atom is 0.0712 e. The van der Waals surface area contributed by atoms with Crippen molar-refractivity contribution < 1.29 is 0 Å². The molecule has 0 amide bonds. The highest BCUT2D eigenvalue weighted by molar-refractivity contribution is 5.03. The van der Waals surface area contributed by atoms with Gasteiger partial charge in [0.15, 0.2) is 0 Å². The van der Waals surface area contributed by atoms with Crippen molar-refractivity contribution in [2.24, 2.45) is 5.92 Å². The quantitative estimate of drug-likeness (QED) is 0.701. The van der Waals surface area contributed by atoms with Crippen LogP contribution < -0.4 is 5.32 Å². The molecule has 1 aliphatic heterocycles. The van der Waals surface area contributed by atoms with Crippen molar-refractivity contribution in [3.63, 3.8) is 0 Å². The molecule has 2 atom stereocenters. The summed E-state index contributed by atoms with van der Waals surface area (Å²) in [7, 11) is 0. The summed E-state index contributed by atoms with van der Waals surface area (Å²) in [5, 5.41) is 3.62. The fraction of sp³-hybridized carbons (Fsp3) is 0.846. The molecule has 2 heteroatoms. The minimum atomic E-state index is 0.373. The molecular formula is C13H22N2. The van der Waals surface area contributed by atoms with Gasteiger partial charge in [0.1, 0.15) is 0 Å². The van der Waals surface area contributed by atoms with Crippen LogP contribution in [0.3, 0.4) is 0 Å². The highest BCUT2D eigenvalue weighted by Crippen LogP contribution is 2.34. The molecule has 0 aromatic heterocycles. The van der Waals surface area contributed by atoms with Crippen LogP contribution in [0, 0.1) is 18.3 Å². The largest absolute Gasteiger partial charge is 0.311 e. The Labute approximate surface area is 93.4 Å². The third kappa shape index (κ3) is 2.74. The van der Waals surface area contributed by atoms with E-state index in [0.29, 0.717) is 12.1 Å². The second-order valence-electron chi connectivity index (χ2n) is 4.86. The van der Waals surface area contributed by atoms with Gasteiger partial charge in [-0.1, -0.05) is 19.3 Å². The zero-order valence-corrected chi connectivity index (χ0v) is 9.71. The fourth-order valence-electron chi connectivity index (χ4n) is 2.54. The minimum absolute atomic E-state index is 0.373. The topological polar surface area (TPSA) is 15.3 Å². The Hall–Kier alpha value is -0.520. The molecular weight excluding hydrogens is 184 g/mol. The average Bonchev–Trinajstić information content (AvgIpc) is 3.10. The molecule has 0 radical (unpaired) electrons. The molecule has 0 bridgehead atoms. The summed E-state index contributed by atoms with van der Waals surface area (Å²) in [4.78, 5) is 2.50. The monoisotopic (exact) mass is 206 g/mol. The van der Waals surface area contributed by atoms with Crippen molar-refractivity contribution in [3.05, 3.63) is 0 Å². The second kappa shape index (κ2) is 5.01. The Morgan fingerprint density at radius 2 is 2.33 bits per heavy atom. The number of hydrogen-bond acceptors (Lipinski definition) is 2. The molecule has 1 N–H and O–H groups in total. The molecule has 2 fully saturated rings. The van der Waals surface area contributed by atoms with E-state index in [9.17, 15) is 0 Å². The van der Waals surface area contributed by atoms with Crippen molar-refractivity contribution in [1.29, 1.82) is 0 Å². The van der Waals surface area contributed by atoms with Gasteiger partial charge in [0.05, 0.1) is 6.04 Å². The van der Waals surface area contributed by atoms with Crippen molar-refractivity contribution >= 4 is 0 Å². The molecule has 15 heavy (non-hydrogen) atoms. The van der Waals surface area contributed by atoms with Gasteiger partial charge in [-0.05, 0) is 25.2 Å². The lowest BCUT2D eigenvalue weighted by molar-refractivity contribution is 0.157. The number of hydrogen-bond donors (Lipinski definition) is 1. The summed E-state index contributed by atoms with van der Waals surface area (Å²) in [6.45, 7) is 5.62. The minimum Gasteiger partial charge on any atom is -0.311 e. The van der Waals surface area contributed by atoms with Crippen LogP contribution in [0.1, 0.15) is 32.6 Å². The number of nitrogens with zero attached hydrogens (tertiary/aromatic N) is 1. The molecule has 0 aromatic carbocycles. The van der Waals surface area contributed by atoms with E-state index < -0.39 is 0 Å². The lowest BCUT2D eigenvalue weighted by Gasteiger charge is -2.37. The predicted molar refractivity (Wildman–Crippen MR) is 63.6 cm³/mol. The van der Waals surface area contributed by atoms with Gasteiger partial charge in [-0.2, -0.15) is 0 Å². The van der Waals surface area contributed by atoms with Gasteiger partial charge >= 0.3 is 0 Å². The summed E-state index contributed by atoms with van der Waals surface area (Å²) in [6.07, 6.45) is 10.8. The third-order valence-electron chi connectivity index (χ3n) is 3.62. The highest BCUT2D eigenvalue weighted by Gasteiger charge is 2.35. The van der Waals surface area contributed by atoms with Crippen LogP contribution in [0.4, 0.5) is 0 Å². The van der Waals surface area contributed by atoms with E-state index >= 15 is 0 Å². The van der Waals surface area contributed by atoms with E-state index in [1.54, 1.807) is 0 Å². The predicted octanol–water partition coefficient (Wildman–Crippen LogP) is 1.47. The van der Waals surface area contributed by atoms with Gasteiger partial charge in [-0.25, -0.2) is 0 Å². The lowest BCUT2D eigenvalue weighted by atomic mass is 10.1. The van der Waals surface area contributed by atoms with Crippen LogP contribution in [-0.2, 0) is 0 Å². The Balaban J connectivity index is 1.87. The molecule has 2 rings (SSSR count). The first-order valence-electron chi connectivity index (χ1n) is 6.28. The Bertz CT molecular complexity index is 239. The molecule has 2 unspecified atom stereocenters. The van der Waals surface area contributed by atoms with Gasteiger partial charge in [-0.15, -0.1) is 6.42 Å². The fourth-order valence-corrected chi connectivity index (χ4v) is 2.54. The van der Waals surface area contributed by atoms with Gasteiger partial charge in [-0.3, -0.25) is 4.90 Å². The number of rotatable bonds is 4. The molecule has 1 heterocycles. The zero-order valence-electron chi connectivity index (χ0n) is 9.71. The van der Waals surface area contributed by atoms with E-state index in [1.165, 1.54) is 25.8 Å². The maximum absolute atomic E-state index is 5.61. The van der Waals surface area contributed by atoms with E-state index in [1.807, 2.05) is 0 Å². The number of piperazine rings is 1. The van der Waals surface area contributed by atoms with Crippen LogP contribution in [0.15, 0.2) is 0 Å². The van der Waals surface area contributed by atoms with Crippen LogP contribution in [0.25, 0.3) is 0 Å². The normalized spacial score (nSPS) is 29.7. The van der Waals surface area contributed by atoms with Gasteiger partial charge in [0.25, 0.3) is 0 Å². The molecule has 1 aliphatic carbocycles. The smallest absolute Gasteiger partial charge is 0.0712 e. The molecule has 1 saturated carbocycles. The standard InChI is InChI=1S/C13H22N2/c1-3-5-12(4-2)15-9-8-14-13(10-15)11-6-7-11/h2,11-14H,3,5-10H2,1H3. The summed E-state index contributed by atoms with van der Waals surface area (Å²) in [5.41, 5.74) is 0. The maximum atomic E-state index is 5.61. The SMILES string of the molecule is C#CC(CCC)N1CCNC(C2CC2)C1.